The van der Waals surface area contributed by atoms with Gasteiger partial charge in [-0.2, -0.15) is 0 Å². The molecule has 0 bridgehead atoms. The molecule has 1 heterocycles. The first-order chi connectivity index (χ1) is 6.65. The molecule has 0 aliphatic heterocycles. The average molecular weight is 197 g/mol. The number of hydrogen-bond donors (Lipinski definition) is 2. The van der Waals surface area contributed by atoms with Crippen molar-refractivity contribution in [3.8, 4) is 0 Å². The van der Waals surface area contributed by atoms with Crippen LogP contribution in [0.3, 0.4) is 0 Å². The largest absolute Gasteiger partial charge is 0.478 e. The molecule has 0 spiro atoms. The van der Waals surface area contributed by atoms with Crippen LogP contribution in [0.15, 0.2) is 10.5 Å². The van der Waals surface area contributed by atoms with E-state index in [-0.39, 0.29) is 5.56 Å². The standard InChI is InChI=1S/C10H15NO3/c1-3-4-11-6-8-5-9(10(12)13)7(2)14-8/h5,11H,3-4,6H2,1-2H3,(H,12,13). The zero-order chi connectivity index (χ0) is 10.6. The first-order valence-corrected chi connectivity index (χ1v) is 4.68. The third kappa shape index (κ3) is 2.60. The normalized spacial score (nSPS) is 10.4. The van der Waals surface area contributed by atoms with Gasteiger partial charge in [0.05, 0.1) is 6.54 Å². The summed E-state index contributed by atoms with van der Waals surface area (Å²) in [5.74, 6) is 0.201. The molecule has 0 aliphatic rings. The number of carboxylic acid groups (broad SMARTS) is 1. The number of carboxylic acids is 1. The summed E-state index contributed by atoms with van der Waals surface area (Å²) < 4.78 is 5.28. The second-order valence-corrected chi connectivity index (χ2v) is 3.16. The molecule has 0 aliphatic carbocycles. The van der Waals surface area contributed by atoms with Gasteiger partial charge in [-0.25, -0.2) is 4.79 Å². The third-order valence-electron chi connectivity index (χ3n) is 1.93. The summed E-state index contributed by atoms with van der Waals surface area (Å²) in [6.07, 6.45) is 1.05. The van der Waals surface area contributed by atoms with Crippen molar-refractivity contribution in [1.82, 2.24) is 5.32 Å². The van der Waals surface area contributed by atoms with Gasteiger partial charge in [0, 0.05) is 0 Å². The lowest BCUT2D eigenvalue weighted by atomic mass is 10.2. The lowest BCUT2D eigenvalue weighted by Gasteiger charge is -1.97. The van der Waals surface area contributed by atoms with E-state index in [0.29, 0.717) is 18.1 Å². The highest BCUT2D eigenvalue weighted by Gasteiger charge is 2.12. The molecule has 2 N–H and O–H groups in total. The number of aromatic carboxylic acids is 1. The smallest absolute Gasteiger partial charge is 0.339 e. The predicted octanol–water partition coefficient (Wildman–Crippen LogP) is 1.79. The lowest BCUT2D eigenvalue weighted by molar-refractivity contribution is 0.0695. The van der Waals surface area contributed by atoms with E-state index in [1.807, 2.05) is 0 Å². The Kier molecular flexibility index (Phi) is 3.71. The van der Waals surface area contributed by atoms with Gasteiger partial charge in [0.2, 0.25) is 0 Å². The van der Waals surface area contributed by atoms with Crippen molar-refractivity contribution in [2.75, 3.05) is 6.54 Å². The zero-order valence-corrected chi connectivity index (χ0v) is 8.46. The Balaban J connectivity index is 2.62. The summed E-state index contributed by atoms with van der Waals surface area (Å²) in [7, 11) is 0. The van der Waals surface area contributed by atoms with Crippen molar-refractivity contribution in [3.63, 3.8) is 0 Å². The van der Waals surface area contributed by atoms with Gasteiger partial charge in [-0.15, -0.1) is 0 Å². The molecule has 0 aromatic carbocycles. The highest BCUT2D eigenvalue weighted by Crippen LogP contribution is 2.14. The Morgan fingerprint density at radius 3 is 2.86 bits per heavy atom. The van der Waals surface area contributed by atoms with Crippen LogP contribution in [0.2, 0.25) is 0 Å². The second-order valence-electron chi connectivity index (χ2n) is 3.16. The number of carbonyl (C=O) groups is 1. The molecule has 0 atom stereocenters. The van der Waals surface area contributed by atoms with Crippen LogP contribution in [0.1, 0.15) is 35.2 Å². The van der Waals surface area contributed by atoms with Crippen LogP contribution in [0.4, 0.5) is 0 Å². The quantitative estimate of drug-likeness (QED) is 0.706. The minimum atomic E-state index is -0.937. The van der Waals surface area contributed by atoms with Gasteiger partial charge in [0.25, 0.3) is 0 Å². The van der Waals surface area contributed by atoms with Gasteiger partial charge in [-0.3, -0.25) is 0 Å². The summed E-state index contributed by atoms with van der Waals surface area (Å²) in [6.45, 7) is 5.22. The van der Waals surface area contributed by atoms with E-state index in [9.17, 15) is 4.79 Å². The van der Waals surface area contributed by atoms with E-state index in [2.05, 4.69) is 12.2 Å². The van der Waals surface area contributed by atoms with Crippen LogP contribution >= 0.6 is 0 Å². The minimum absolute atomic E-state index is 0.248. The molecule has 14 heavy (non-hydrogen) atoms. The number of nitrogens with one attached hydrogen (secondary N) is 1. The second kappa shape index (κ2) is 4.81. The van der Waals surface area contributed by atoms with Crippen molar-refractivity contribution in [1.29, 1.82) is 0 Å². The van der Waals surface area contributed by atoms with Crippen molar-refractivity contribution >= 4 is 5.97 Å². The minimum Gasteiger partial charge on any atom is -0.478 e. The fraction of sp³-hybridized carbons (Fsp3) is 0.500. The topological polar surface area (TPSA) is 62.5 Å². The fourth-order valence-electron chi connectivity index (χ4n) is 1.23. The maximum absolute atomic E-state index is 10.7. The number of rotatable bonds is 5. The van der Waals surface area contributed by atoms with Crippen molar-refractivity contribution in [2.24, 2.45) is 0 Å². The molecular formula is C10H15NO3. The van der Waals surface area contributed by atoms with Gasteiger partial charge in [-0.05, 0) is 26.0 Å². The van der Waals surface area contributed by atoms with E-state index in [0.717, 1.165) is 13.0 Å². The molecule has 0 radical (unpaired) electrons. The lowest BCUT2D eigenvalue weighted by Crippen LogP contribution is -2.13. The molecule has 4 nitrogen and oxygen atoms in total. The molecular weight excluding hydrogens is 182 g/mol. The third-order valence-corrected chi connectivity index (χ3v) is 1.93. The first kappa shape index (κ1) is 10.8. The average Bonchev–Trinajstić information content (AvgIpc) is 2.47. The Morgan fingerprint density at radius 1 is 1.64 bits per heavy atom. The van der Waals surface area contributed by atoms with E-state index in [1.54, 1.807) is 13.0 Å². The van der Waals surface area contributed by atoms with Gasteiger partial charge in [0.15, 0.2) is 0 Å². The zero-order valence-electron chi connectivity index (χ0n) is 8.46. The number of hydrogen-bond acceptors (Lipinski definition) is 3. The van der Waals surface area contributed by atoms with Gasteiger partial charge >= 0.3 is 5.97 Å². The van der Waals surface area contributed by atoms with Crippen molar-refractivity contribution < 1.29 is 14.3 Å². The van der Waals surface area contributed by atoms with E-state index >= 15 is 0 Å². The molecule has 1 aromatic rings. The van der Waals surface area contributed by atoms with Crippen LogP contribution in [-0.4, -0.2) is 17.6 Å². The van der Waals surface area contributed by atoms with Crippen LogP contribution in [-0.2, 0) is 6.54 Å². The molecule has 0 fully saturated rings. The Labute approximate surface area is 82.9 Å². The molecule has 1 aromatic heterocycles. The maximum atomic E-state index is 10.7. The Morgan fingerprint density at radius 2 is 2.36 bits per heavy atom. The van der Waals surface area contributed by atoms with Gasteiger partial charge in [-0.1, -0.05) is 6.92 Å². The maximum Gasteiger partial charge on any atom is 0.339 e. The van der Waals surface area contributed by atoms with Gasteiger partial charge < -0.3 is 14.8 Å². The highest BCUT2D eigenvalue weighted by atomic mass is 16.4. The van der Waals surface area contributed by atoms with Gasteiger partial charge in [0.1, 0.15) is 17.1 Å². The summed E-state index contributed by atoms with van der Waals surface area (Å²) in [5.41, 5.74) is 0.248. The highest BCUT2D eigenvalue weighted by molar-refractivity contribution is 5.88. The molecule has 78 valence electrons. The van der Waals surface area contributed by atoms with Crippen LogP contribution in [0.5, 0.6) is 0 Å². The summed E-state index contributed by atoms with van der Waals surface area (Å²) in [6, 6.07) is 1.57. The molecule has 4 heteroatoms. The van der Waals surface area contributed by atoms with Crippen molar-refractivity contribution in [3.05, 3.63) is 23.2 Å². The van der Waals surface area contributed by atoms with E-state index in [1.165, 1.54) is 0 Å². The van der Waals surface area contributed by atoms with Crippen molar-refractivity contribution in [2.45, 2.75) is 26.8 Å². The molecule has 1 rings (SSSR count). The molecule has 0 unspecified atom stereocenters. The molecule has 0 saturated carbocycles. The van der Waals surface area contributed by atoms with E-state index < -0.39 is 5.97 Å². The summed E-state index contributed by atoms with van der Waals surface area (Å²) in [4.78, 5) is 10.7. The molecule has 0 saturated heterocycles. The van der Waals surface area contributed by atoms with Crippen LogP contribution < -0.4 is 5.32 Å². The van der Waals surface area contributed by atoms with E-state index in [4.69, 9.17) is 9.52 Å². The Hall–Kier alpha value is -1.29. The SMILES string of the molecule is CCCNCc1cc(C(=O)O)c(C)o1. The van der Waals surface area contributed by atoms with Crippen LogP contribution in [0, 0.1) is 6.92 Å². The molecule has 0 amide bonds. The Bertz CT molecular complexity index is 317. The fourth-order valence-corrected chi connectivity index (χ4v) is 1.23. The monoisotopic (exact) mass is 197 g/mol. The van der Waals surface area contributed by atoms with Crippen LogP contribution in [0.25, 0.3) is 0 Å². The summed E-state index contributed by atoms with van der Waals surface area (Å²) >= 11 is 0. The number of aryl methyl sites for hydroxylation is 1. The predicted molar refractivity (Wildman–Crippen MR) is 52.4 cm³/mol. The summed E-state index contributed by atoms with van der Waals surface area (Å²) in [5, 5.41) is 11.9. The first-order valence-electron chi connectivity index (χ1n) is 4.68. The number of furan rings is 1.